The number of hydrogen-bond acceptors (Lipinski definition) is 5. The van der Waals surface area contributed by atoms with Gasteiger partial charge in [0.25, 0.3) is 11.8 Å². The highest BCUT2D eigenvalue weighted by atomic mass is 16.5. The Balaban J connectivity index is 1.91. The lowest BCUT2D eigenvalue weighted by Crippen LogP contribution is -2.68. The Kier molecular flexibility index (Phi) is 6.43. The van der Waals surface area contributed by atoms with Gasteiger partial charge in [-0.25, -0.2) is 4.79 Å². The van der Waals surface area contributed by atoms with Crippen molar-refractivity contribution in [1.82, 2.24) is 10.2 Å². The van der Waals surface area contributed by atoms with Crippen LogP contribution in [0.3, 0.4) is 0 Å². The van der Waals surface area contributed by atoms with Gasteiger partial charge < -0.3 is 15.0 Å². The third-order valence-electron chi connectivity index (χ3n) is 5.83. The monoisotopic (exact) mass is 415 g/mol. The van der Waals surface area contributed by atoms with Crippen LogP contribution in [0.1, 0.15) is 63.2 Å². The van der Waals surface area contributed by atoms with Crippen LogP contribution >= 0.6 is 0 Å². The first-order chi connectivity index (χ1) is 14.4. The highest BCUT2D eigenvalue weighted by Crippen LogP contribution is 2.45. The Labute approximate surface area is 176 Å². The molecular weight excluding hydrogens is 386 g/mol. The number of amides is 3. The minimum atomic E-state index is -1.55. The fourth-order valence-corrected chi connectivity index (χ4v) is 4.29. The van der Waals surface area contributed by atoms with E-state index in [2.05, 4.69) is 5.32 Å². The van der Waals surface area contributed by atoms with E-state index in [0.717, 1.165) is 12.8 Å². The van der Waals surface area contributed by atoms with Crippen LogP contribution < -0.4 is 10.2 Å². The number of para-hydroxylation sites is 1. The zero-order chi connectivity index (χ0) is 21.9. The second kappa shape index (κ2) is 8.85. The summed E-state index contributed by atoms with van der Waals surface area (Å²) in [4.78, 5) is 54.4. The molecule has 0 aliphatic carbocycles. The van der Waals surface area contributed by atoms with Crippen LogP contribution in [0.15, 0.2) is 24.3 Å². The smallest absolute Gasteiger partial charge is 0.354 e. The molecular formula is C22H29N3O5. The largest absolute Gasteiger partial charge is 0.452 e. The number of benzene rings is 1. The Hall–Kier alpha value is -2.90. The number of carbonyl (C=O) groups excluding carboxylic acids is 4. The molecule has 0 aromatic heterocycles. The normalized spacial score (nSPS) is 20.3. The van der Waals surface area contributed by atoms with E-state index in [9.17, 15) is 19.2 Å². The number of rotatable bonds is 8. The lowest BCUT2D eigenvalue weighted by molar-refractivity contribution is -0.160. The fraction of sp³-hybridized carbons (Fsp3) is 0.545. The molecule has 8 nitrogen and oxygen atoms in total. The molecule has 30 heavy (non-hydrogen) atoms. The number of nitrogens with one attached hydrogen (secondary N) is 1. The zero-order valence-corrected chi connectivity index (χ0v) is 17.8. The summed E-state index contributed by atoms with van der Waals surface area (Å²) in [6.45, 7) is 5.68. The second-order valence-electron chi connectivity index (χ2n) is 7.68. The van der Waals surface area contributed by atoms with E-state index in [4.69, 9.17) is 4.74 Å². The van der Waals surface area contributed by atoms with Gasteiger partial charge in [0.1, 0.15) is 0 Å². The predicted molar refractivity (Wildman–Crippen MR) is 111 cm³/mol. The molecule has 2 aliphatic heterocycles. The van der Waals surface area contributed by atoms with E-state index < -0.39 is 24.1 Å². The Morgan fingerprint density at radius 2 is 1.87 bits per heavy atom. The van der Waals surface area contributed by atoms with Crippen molar-refractivity contribution in [2.24, 2.45) is 0 Å². The molecule has 162 valence electrons. The fourth-order valence-electron chi connectivity index (χ4n) is 4.29. The van der Waals surface area contributed by atoms with Crippen molar-refractivity contribution in [2.75, 3.05) is 18.1 Å². The summed E-state index contributed by atoms with van der Waals surface area (Å²) >= 11 is 0. The van der Waals surface area contributed by atoms with E-state index in [0.29, 0.717) is 24.2 Å². The molecule has 8 heteroatoms. The minimum Gasteiger partial charge on any atom is -0.452 e. The summed E-state index contributed by atoms with van der Waals surface area (Å²) in [7, 11) is 0. The summed E-state index contributed by atoms with van der Waals surface area (Å²) in [6, 6.07) is 6.80. The van der Waals surface area contributed by atoms with Gasteiger partial charge in [0.15, 0.2) is 6.61 Å². The summed E-state index contributed by atoms with van der Waals surface area (Å²) in [6.07, 6.45) is 2.42. The molecule has 1 saturated heterocycles. The number of esters is 1. The molecule has 3 amide bonds. The van der Waals surface area contributed by atoms with Gasteiger partial charge in [-0.3, -0.25) is 19.3 Å². The van der Waals surface area contributed by atoms with Crippen molar-refractivity contribution >= 4 is 29.4 Å². The molecule has 1 N–H and O–H groups in total. The first-order valence-electron chi connectivity index (χ1n) is 10.6. The zero-order valence-electron chi connectivity index (χ0n) is 17.8. The molecule has 1 aromatic rings. The highest BCUT2D eigenvalue weighted by Gasteiger charge is 2.61. The van der Waals surface area contributed by atoms with Crippen molar-refractivity contribution in [3.63, 3.8) is 0 Å². The van der Waals surface area contributed by atoms with E-state index in [1.54, 1.807) is 24.3 Å². The van der Waals surface area contributed by atoms with E-state index in [1.807, 2.05) is 20.8 Å². The van der Waals surface area contributed by atoms with Crippen LogP contribution in [-0.2, 0) is 19.1 Å². The standard InChI is InChI=1S/C22H29N3O5/c1-4-13-24-20(28)16-9-7-8-10-17(16)25-19(27)11-12-22(24,25)21(29)30-14-18(26)23-15(5-2)6-3/h7-10,15H,4-6,11-14H2,1-3H3,(H,23,26)/t22-/m1/s1. The van der Waals surface area contributed by atoms with E-state index >= 15 is 0 Å². The number of carbonyl (C=O) groups is 4. The minimum absolute atomic E-state index is 0.0126. The summed E-state index contributed by atoms with van der Waals surface area (Å²) < 4.78 is 5.39. The van der Waals surface area contributed by atoms with Crippen molar-refractivity contribution < 1.29 is 23.9 Å². The molecule has 0 unspecified atom stereocenters. The molecule has 0 bridgehead atoms. The van der Waals surface area contributed by atoms with Crippen LogP contribution in [0.2, 0.25) is 0 Å². The summed E-state index contributed by atoms with van der Waals surface area (Å²) in [5.41, 5.74) is -0.750. The molecule has 0 spiro atoms. The van der Waals surface area contributed by atoms with Gasteiger partial charge in [-0.05, 0) is 31.4 Å². The summed E-state index contributed by atoms with van der Waals surface area (Å²) in [5, 5.41) is 2.82. The number of nitrogens with zero attached hydrogens (tertiary/aromatic N) is 2. The molecule has 1 atom stereocenters. The molecule has 0 saturated carbocycles. The van der Waals surface area contributed by atoms with Gasteiger partial charge in [0, 0.05) is 25.4 Å². The maximum absolute atomic E-state index is 13.3. The number of anilines is 1. The van der Waals surface area contributed by atoms with E-state index in [1.165, 1.54) is 9.80 Å². The third kappa shape index (κ3) is 3.55. The highest BCUT2D eigenvalue weighted by molar-refractivity contribution is 6.15. The molecule has 1 aromatic carbocycles. The van der Waals surface area contributed by atoms with Gasteiger partial charge in [-0.2, -0.15) is 0 Å². The second-order valence-corrected chi connectivity index (χ2v) is 7.68. The number of fused-ring (bicyclic) bond motifs is 3. The number of hydrogen-bond donors (Lipinski definition) is 1. The van der Waals surface area contributed by atoms with Gasteiger partial charge in [0.2, 0.25) is 11.6 Å². The van der Waals surface area contributed by atoms with Crippen LogP contribution in [0.4, 0.5) is 5.69 Å². The summed E-state index contributed by atoms with van der Waals surface area (Å²) in [5.74, 6) is -1.69. The third-order valence-corrected chi connectivity index (χ3v) is 5.83. The average Bonchev–Trinajstić information content (AvgIpc) is 3.11. The van der Waals surface area contributed by atoms with Crippen LogP contribution in [-0.4, -0.2) is 53.4 Å². The van der Waals surface area contributed by atoms with Gasteiger partial charge in [0.05, 0.1) is 11.3 Å². The maximum atomic E-state index is 13.3. The molecule has 3 rings (SSSR count). The van der Waals surface area contributed by atoms with Crippen molar-refractivity contribution in [2.45, 2.75) is 64.6 Å². The van der Waals surface area contributed by atoms with Gasteiger partial charge >= 0.3 is 5.97 Å². The van der Waals surface area contributed by atoms with E-state index in [-0.39, 0.29) is 30.7 Å². The molecule has 0 radical (unpaired) electrons. The lowest BCUT2D eigenvalue weighted by Gasteiger charge is -2.48. The Morgan fingerprint density at radius 3 is 2.53 bits per heavy atom. The van der Waals surface area contributed by atoms with Crippen molar-refractivity contribution in [3.05, 3.63) is 29.8 Å². The Bertz CT molecular complexity index is 851. The van der Waals surface area contributed by atoms with Gasteiger partial charge in [-0.1, -0.05) is 32.9 Å². The molecule has 1 fully saturated rings. The topological polar surface area (TPSA) is 96.0 Å². The first-order valence-corrected chi connectivity index (χ1v) is 10.6. The number of ether oxygens (including phenoxy) is 1. The quantitative estimate of drug-likeness (QED) is 0.657. The average molecular weight is 415 g/mol. The van der Waals surface area contributed by atoms with Crippen molar-refractivity contribution in [3.8, 4) is 0 Å². The molecule has 2 aliphatic rings. The lowest BCUT2D eigenvalue weighted by atomic mass is 9.96. The van der Waals surface area contributed by atoms with Crippen LogP contribution in [0.5, 0.6) is 0 Å². The Morgan fingerprint density at radius 1 is 1.17 bits per heavy atom. The van der Waals surface area contributed by atoms with Crippen LogP contribution in [0.25, 0.3) is 0 Å². The first kappa shape index (κ1) is 21.8. The van der Waals surface area contributed by atoms with Crippen LogP contribution in [0, 0.1) is 0 Å². The molecule has 2 heterocycles. The predicted octanol–water partition coefficient (Wildman–Crippen LogP) is 2.22. The SMILES string of the molecule is CCCN1C(=O)c2ccccc2N2C(=O)CC[C@@]12C(=O)OCC(=O)NC(CC)CC. The maximum Gasteiger partial charge on any atom is 0.354 e. The van der Waals surface area contributed by atoms with Crippen molar-refractivity contribution in [1.29, 1.82) is 0 Å². The van der Waals surface area contributed by atoms with Gasteiger partial charge in [-0.15, -0.1) is 0 Å².